The number of amides is 2. The summed E-state index contributed by atoms with van der Waals surface area (Å²) in [6.45, 7) is 2.49. The molecule has 1 aliphatic rings. The van der Waals surface area contributed by atoms with Crippen LogP contribution in [-0.2, 0) is 0 Å². The summed E-state index contributed by atoms with van der Waals surface area (Å²) < 4.78 is 0. The monoisotopic (exact) mass is 213 g/mol. The fourth-order valence-corrected chi connectivity index (χ4v) is 2.04. The molecule has 0 heterocycles. The van der Waals surface area contributed by atoms with Crippen molar-refractivity contribution < 1.29 is 4.79 Å². The smallest absolute Gasteiger partial charge is 0.320 e. The summed E-state index contributed by atoms with van der Waals surface area (Å²) in [5.41, 5.74) is 5.55. The molecule has 0 aromatic rings. The Bertz CT molecular complexity index is 214. The number of nitrogens with zero attached hydrogens (tertiary/aromatic N) is 2. The zero-order chi connectivity index (χ0) is 11.4. The summed E-state index contributed by atoms with van der Waals surface area (Å²) in [5.74, 6) is 0. The molecule has 0 saturated heterocycles. The summed E-state index contributed by atoms with van der Waals surface area (Å²) in [6.07, 6.45) is 4.79. The number of hydrogen-bond acceptors (Lipinski definition) is 2. The van der Waals surface area contributed by atoms with Crippen LogP contribution in [0.4, 0.5) is 4.79 Å². The molecule has 0 spiro atoms. The van der Waals surface area contributed by atoms with Gasteiger partial charge >= 0.3 is 6.03 Å². The third-order valence-corrected chi connectivity index (χ3v) is 3.48. The van der Waals surface area contributed by atoms with Gasteiger partial charge in [-0.3, -0.25) is 0 Å². The molecule has 4 nitrogen and oxygen atoms in total. The molecule has 2 amide bonds. The summed E-state index contributed by atoms with van der Waals surface area (Å²) in [5, 5.41) is 0. The van der Waals surface area contributed by atoms with Crippen LogP contribution >= 0.6 is 0 Å². The van der Waals surface area contributed by atoms with Crippen molar-refractivity contribution in [1.82, 2.24) is 9.80 Å². The summed E-state index contributed by atoms with van der Waals surface area (Å²) >= 11 is 0. The molecule has 0 aromatic carbocycles. The molecule has 2 N–H and O–H groups in total. The third kappa shape index (κ3) is 2.84. The fraction of sp³-hybridized carbons (Fsp3) is 0.909. The predicted molar refractivity (Wildman–Crippen MR) is 61.7 cm³/mol. The standard InChI is InChI=1S/C11H23N3O/c1-9(8-12)13(2)11(15)14(3)10-6-4-5-7-10/h9-10H,4-8,12H2,1-3H3. The SMILES string of the molecule is CC(CN)N(C)C(=O)N(C)C1CCCC1. The van der Waals surface area contributed by atoms with E-state index in [1.54, 1.807) is 4.90 Å². The maximum Gasteiger partial charge on any atom is 0.320 e. The van der Waals surface area contributed by atoms with Gasteiger partial charge in [0, 0.05) is 32.7 Å². The highest BCUT2D eigenvalue weighted by Gasteiger charge is 2.26. The number of urea groups is 1. The molecule has 0 radical (unpaired) electrons. The molecule has 0 aromatic heterocycles. The lowest BCUT2D eigenvalue weighted by molar-refractivity contribution is 0.145. The number of carbonyl (C=O) groups is 1. The number of hydrogen-bond donors (Lipinski definition) is 1. The Hall–Kier alpha value is -0.770. The van der Waals surface area contributed by atoms with Crippen LogP contribution in [0.25, 0.3) is 0 Å². The topological polar surface area (TPSA) is 49.6 Å². The van der Waals surface area contributed by atoms with Crippen molar-refractivity contribution in [2.75, 3.05) is 20.6 Å². The lowest BCUT2D eigenvalue weighted by Crippen LogP contribution is -2.48. The van der Waals surface area contributed by atoms with E-state index in [4.69, 9.17) is 5.73 Å². The van der Waals surface area contributed by atoms with Crippen molar-refractivity contribution in [1.29, 1.82) is 0 Å². The van der Waals surface area contributed by atoms with E-state index in [1.165, 1.54) is 12.8 Å². The van der Waals surface area contributed by atoms with Crippen LogP contribution in [0.3, 0.4) is 0 Å². The van der Waals surface area contributed by atoms with Crippen molar-refractivity contribution in [3.05, 3.63) is 0 Å². The van der Waals surface area contributed by atoms with Gasteiger partial charge in [-0.2, -0.15) is 0 Å². The molecule has 1 atom stereocenters. The van der Waals surface area contributed by atoms with Crippen LogP contribution in [0.5, 0.6) is 0 Å². The van der Waals surface area contributed by atoms with Crippen molar-refractivity contribution in [2.24, 2.45) is 5.73 Å². The lowest BCUT2D eigenvalue weighted by atomic mass is 10.2. The number of rotatable bonds is 3. The highest BCUT2D eigenvalue weighted by atomic mass is 16.2. The van der Waals surface area contributed by atoms with E-state index in [9.17, 15) is 4.79 Å². The van der Waals surface area contributed by atoms with E-state index < -0.39 is 0 Å². The maximum atomic E-state index is 12.0. The normalized spacial score (nSPS) is 18.9. The minimum absolute atomic E-state index is 0.0971. The highest BCUT2D eigenvalue weighted by molar-refractivity contribution is 5.74. The van der Waals surface area contributed by atoms with Crippen LogP contribution in [0.1, 0.15) is 32.6 Å². The molecular weight excluding hydrogens is 190 g/mol. The first kappa shape index (κ1) is 12.3. The summed E-state index contributed by atoms with van der Waals surface area (Å²) in [4.78, 5) is 15.6. The van der Waals surface area contributed by atoms with Crippen molar-refractivity contribution in [3.8, 4) is 0 Å². The molecule has 1 saturated carbocycles. The molecule has 1 aliphatic carbocycles. The van der Waals surface area contributed by atoms with E-state index in [0.29, 0.717) is 12.6 Å². The van der Waals surface area contributed by atoms with E-state index in [2.05, 4.69) is 0 Å². The zero-order valence-electron chi connectivity index (χ0n) is 10.1. The van der Waals surface area contributed by atoms with E-state index >= 15 is 0 Å². The lowest BCUT2D eigenvalue weighted by Gasteiger charge is -2.32. The molecule has 1 fully saturated rings. The molecule has 0 aliphatic heterocycles. The van der Waals surface area contributed by atoms with Crippen LogP contribution < -0.4 is 5.73 Å². The molecule has 0 bridgehead atoms. The van der Waals surface area contributed by atoms with E-state index in [0.717, 1.165) is 12.8 Å². The molecular formula is C11H23N3O. The molecule has 88 valence electrons. The maximum absolute atomic E-state index is 12.0. The molecule has 1 rings (SSSR count). The van der Waals surface area contributed by atoms with E-state index in [-0.39, 0.29) is 12.1 Å². The van der Waals surface area contributed by atoms with Gasteiger partial charge < -0.3 is 15.5 Å². The molecule has 15 heavy (non-hydrogen) atoms. The Morgan fingerprint density at radius 1 is 1.40 bits per heavy atom. The fourth-order valence-electron chi connectivity index (χ4n) is 2.04. The van der Waals surface area contributed by atoms with Crippen molar-refractivity contribution in [2.45, 2.75) is 44.7 Å². The van der Waals surface area contributed by atoms with Gasteiger partial charge in [-0.15, -0.1) is 0 Å². The Kier molecular flexibility index (Phi) is 4.39. The minimum atomic E-state index is 0.0971. The molecule has 4 heteroatoms. The second kappa shape index (κ2) is 5.35. The third-order valence-electron chi connectivity index (χ3n) is 3.48. The quantitative estimate of drug-likeness (QED) is 0.767. The Labute approximate surface area is 92.4 Å². The summed E-state index contributed by atoms with van der Waals surface area (Å²) in [7, 11) is 3.73. The van der Waals surface area contributed by atoms with Gasteiger partial charge in [-0.25, -0.2) is 4.79 Å². The Morgan fingerprint density at radius 2 is 1.93 bits per heavy atom. The first-order valence-electron chi connectivity index (χ1n) is 5.77. The van der Waals surface area contributed by atoms with Gasteiger partial charge in [0.1, 0.15) is 0 Å². The van der Waals surface area contributed by atoms with Gasteiger partial charge in [-0.05, 0) is 19.8 Å². The van der Waals surface area contributed by atoms with Gasteiger partial charge in [0.15, 0.2) is 0 Å². The van der Waals surface area contributed by atoms with Crippen LogP contribution in [0.2, 0.25) is 0 Å². The van der Waals surface area contributed by atoms with E-state index in [1.807, 2.05) is 25.9 Å². The summed E-state index contributed by atoms with van der Waals surface area (Å²) in [6, 6.07) is 0.645. The Morgan fingerprint density at radius 3 is 2.40 bits per heavy atom. The van der Waals surface area contributed by atoms with Gasteiger partial charge in [0.2, 0.25) is 0 Å². The number of carbonyl (C=O) groups excluding carboxylic acids is 1. The van der Waals surface area contributed by atoms with Gasteiger partial charge in [0.25, 0.3) is 0 Å². The average Bonchev–Trinajstić information content (AvgIpc) is 2.78. The largest absolute Gasteiger partial charge is 0.328 e. The number of likely N-dealkylation sites (N-methyl/N-ethyl adjacent to an activating group) is 1. The highest BCUT2D eigenvalue weighted by Crippen LogP contribution is 2.23. The van der Waals surface area contributed by atoms with Crippen molar-refractivity contribution >= 4 is 6.03 Å². The van der Waals surface area contributed by atoms with Crippen LogP contribution in [0, 0.1) is 0 Å². The van der Waals surface area contributed by atoms with Gasteiger partial charge in [-0.1, -0.05) is 12.8 Å². The second-order valence-electron chi connectivity index (χ2n) is 4.53. The molecule has 1 unspecified atom stereocenters. The first-order chi connectivity index (χ1) is 7.07. The number of nitrogens with two attached hydrogens (primary N) is 1. The van der Waals surface area contributed by atoms with Gasteiger partial charge in [0.05, 0.1) is 0 Å². The van der Waals surface area contributed by atoms with Crippen LogP contribution in [-0.4, -0.2) is 48.6 Å². The average molecular weight is 213 g/mol. The first-order valence-corrected chi connectivity index (χ1v) is 5.77. The minimum Gasteiger partial charge on any atom is -0.328 e. The predicted octanol–water partition coefficient (Wildman–Crippen LogP) is 1.26. The van der Waals surface area contributed by atoms with Crippen LogP contribution in [0.15, 0.2) is 0 Å². The zero-order valence-corrected chi connectivity index (χ0v) is 10.1. The van der Waals surface area contributed by atoms with Crippen molar-refractivity contribution in [3.63, 3.8) is 0 Å². The second-order valence-corrected chi connectivity index (χ2v) is 4.53. The Balaban J connectivity index is 2.50.